The Morgan fingerprint density at radius 2 is 1.69 bits per heavy atom. The molecule has 5 aromatic rings. The van der Waals surface area contributed by atoms with Gasteiger partial charge in [0.1, 0.15) is 17.7 Å². The SMILES string of the molecule is CC(C)c1ccc(-c2cc(-c3ccc(N4CCN(C(=O)Cc5ccc(F)cn5)CC4)nc3)c3c(C#N)cnn3c2)cc1. The van der Waals surface area contributed by atoms with Crippen LogP contribution in [0.1, 0.15) is 36.6 Å². The van der Waals surface area contributed by atoms with Crippen LogP contribution in [0.15, 0.2) is 79.4 Å². The molecule has 1 aliphatic rings. The number of hydrogen-bond acceptors (Lipinski definition) is 6. The first-order valence-corrected chi connectivity index (χ1v) is 14.0. The Hall–Kier alpha value is -5.10. The van der Waals surface area contributed by atoms with Crippen molar-refractivity contribution in [2.75, 3.05) is 31.1 Å². The number of nitriles is 1. The van der Waals surface area contributed by atoms with Gasteiger partial charge in [-0.25, -0.2) is 13.9 Å². The molecule has 1 amide bonds. The molecule has 8 nitrogen and oxygen atoms in total. The van der Waals surface area contributed by atoms with Crippen molar-refractivity contribution in [3.05, 3.63) is 102 Å². The summed E-state index contributed by atoms with van der Waals surface area (Å²) in [7, 11) is 0. The van der Waals surface area contributed by atoms with Crippen LogP contribution in [0.5, 0.6) is 0 Å². The molecule has 6 rings (SSSR count). The van der Waals surface area contributed by atoms with Gasteiger partial charge in [-0.3, -0.25) is 9.78 Å². The molecule has 1 saturated heterocycles. The standard InChI is InChI=1S/C33H30FN7O/c1-22(2)23-3-5-24(6-4-23)26-15-30(33-27(17-35)19-38-41(33)21-26)25-7-10-31(37-18-25)39-11-13-40(14-12-39)32(42)16-29-9-8-28(34)20-36-29/h3-10,15,18-22H,11-14,16H2,1-2H3. The normalized spacial score (nSPS) is 13.5. The van der Waals surface area contributed by atoms with Crippen molar-refractivity contribution in [1.82, 2.24) is 24.5 Å². The maximum Gasteiger partial charge on any atom is 0.228 e. The van der Waals surface area contributed by atoms with E-state index in [-0.39, 0.29) is 12.3 Å². The minimum atomic E-state index is -0.414. The van der Waals surface area contributed by atoms with E-state index >= 15 is 0 Å². The van der Waals surface area contributed by atoms with Crippen LogP contribution in [0.25, 0.3) is 27.8 Å². The van der Waals surface area contributed by atoms with Crippen LogP contribution in [0.4, 0.5) is 10.2 Å². The molecule has 0 N–H and O–H groups in total. The third-order valence-electron chi connectivity index (χ3n) is 7.78. The summed E-state index contributed by atoms with van der Waals surface area (Å²) in [6.07, 6.45) is 6.68. The fraction of sp³-hybridized carbons (Fsp3) is 0.242. The Bertz CT molecular complexity index is 1760. The molecule has 1 aliphatic heterocycles. The van der Waals surface area contributed by atoms with Crippen molar-refractivity contribution in [3.8, 4) is 28.3 Å². The number of anilines is 1. The number of fused-ring (bicyclic) bond motifs is 1. The number of hydrogen-bond donors (Lipinski definition) is 0. The number of amides is 1. The van der Waals surface area contributed by atoms with Gasteiger partial charge in [0.2, 0.25) is 5.91 Å². The van der Waals surface area contributed by atoms with Crippen LogP contribution in [0.2, 0.25) is 0 Å². The van der Waals surface area contributed by atoms with Gasteiger partial charge in [0.05, 0.1) is 29.9 Å². The molecule has 0 unspecified atom stereocenters. The predicted octanol–water partition coefficient (Wildman–Crippen LogP) is 5.48. The van der Waals surface area contributed by atoms with Crippen LogP contribution >= 0.6 is 0 Å². The molecular formula is C33H30FN7O. The summed E-state index contributed by atoms with van der Waals surface area (Å²) in [6.45, 7) is 6.81. The number of aromatic nitrogens is 4. The quantitative estimate of drug-likeness (QED) is 0.274. The lowest BCUT2D eigenvalue weighted by atomic mass is 9.97. The molecular weight excluding hydrogens is 529 g/mol. The van der Waals surface area contributed by atoms with Crippen LogP contribution in [0, 0.1) is 17.1 Å². The number of carbonyl (C=O) groups is 1. The summed E-state index contributed by atoms with van der Waals surface area (Å²) in [5.74, 6) is 0.848. The van der Waals surface area contributed by atoms with E-state index in [0.29, 0.717) is 43.4 Å². The first-order valence-electron chi connectivity index (χ1n) is 14.0. The van der Waals surface area contributed by atoms with Crippen LogP contribution < -0.4 is 4.90 Å². The monoisotopic (exact) mass is 559 g/mol. The van der Waals surface area contributed by atoms with Crippen molar-refractivity contribution in [2.45, 2.75) is 26.2 Å². The smallest absolute Gasteiger partial charge is 0.228 e. The maximum absolute atomic E-state index is 13.1. The molecule has 5 heterocycles. The minimum absolute atomic E-state index is 0.0195. The highest BCUT2D eigenvalue weighted by molar-refractivity contribution is 5.87. The maximum atomic E-state index is 13.1. The Kier molecular flexibility index (Phi) is 7.36. The number of carbonyl (C=O) groups excluding carboxylic acids is 1. The van der Waals surface area contributed by atoms with Crippen LogP contribution in [-0.4, -0.2) is 56.6 Å². The molecule has 4 aromatic heterocycles. The summed E-state index contributed by atoms with van der Waals surface area (Å²) in [5.41, 5.74) is 6.94. The van der Waals surface area contributed by atoms with Crippen molar-refractivity contribution >= 4 is 17.2 Å². The highest BCUT2D eigenvalue weighted by Gasteiger charge is 2.23. The molecule has 9 heteroatoms. The molecule has 42 heavy (non-hydrogen) atoms. The van der Waals surface area contributed by atoms with E-state index in [4.69, 9.17) is 4.98 Å². The minimum Gasteiger partial charge on any atom is -0.353 e. The number of piperazine rings is 1. The van der Waals surface area contributed by atoms with Gasteiger partial charge in [-0.15, -0.1) is 0 Å². The van der Waals surface area contributed by atoms with E-state index in [9.17, 15) is 14.4 Å². The zero-order chi connectivity index (χ0) is 29.2. The number of rotatable bonds is 6. The Morgan fingerprint density at radius 3 is 2.33 bits per heavy atom. The second-order valence-corrected chi connectivity index (χ2v) is 10.8. The van der Waals surface area contributed by atoms with Crippen LogP contribution in [-0.2, 0) is 11.2 Å². The van der Waals surface area contributed by atoms with Gasteiger partial charge in [-0.05, 0) is 47.4 Å². The number of halogens is 1. The third-order valence-corrected chi connectivity index (χ3v) is 7.78. The van der Waals surface area contributed by atoms with E-state index in [1.807, 2.05) is 29.4 Å². The number of nitrogens with zero attached hydrogens (tertiary/aromatic N) is 7. The lowest BCUT2D eigenvalue weighted by Gasteiger charge is -2.35. The molecule has 0 saturated carbocycles. The highest BCUT2D eigenvalue weighted by atomic mass is 19.1. The van der Waals surface area contributed by atoms with Gasteiger partial charge in [0.15, 0.2) is 0 Å². The van der Waals surface area contributed by atoms with E-state index in [2.05, 4.69) is 65.2 Å². The number of pyridine rings is 3. The lowest BCUT2D eigenvalue weighted by Crippen LogP contribution is -2.49. The van der Waals surface area contributed by atoms with Gasteiger partial charge in [0.25, 0.3) is 0 Å². The highest BCUT2D eigenvalue weighted by Crippen LogP contribution is 2.33. The van der Waals surface area contributed by atoms with Gasteiger partial charge in [-0.1, -0.05) is 38.1 Å². The average Bonchev–Trinajstić information content (AvgIpc) is 3.45. The largest absolute Gasteiger partial charge is 0.353 e. The summed E-state index contributed by atoms with van der Waals surface area (Å²) in [6, 6.07) is 19.8. The second-order valence-electron chi connectivity index (χ2n) is 10.8. The van der Waals surface area contributed by atoms with Gasteiger partial charge in [0, 0.05) is 61.0 Å². The average molecular weight is 560 g/mol. The molecule has 0 radical (unpaired) electrons. The lowest BCUT2D eigenvalue weighted by molar-refractivity contribution is -0.130. The molecule has 0 aliphatic carbocycles. The molecule has 0 spiro atoms. The first kappa shape index (κ1) is 27.1. The summed E-state index contributed by atoms with van der Waals surface area (Å²) in [4.78, 5) is 25.5. The number of benzene rings is 1. The van der Waals surface area contributed by atoms with Crippen molar-refractivity contribution in [2.24, 2.45) is 0 Å². The van der Waals surface area contributed by atoms with Gasteiger partial charge < -0.3 is 9.80 Å². The molecule has 0 atom stereocenters. The van der Waals surface area contributed by atoms with E-state index in [0.717, 1.165) is 39.8 Å². The predicted molar refractivity (Wildman–Crippen MR) is 159 cm³/mol. The van der Waals surface area contributed by atoms with Gasteiger partial charge in [-0.2, -0.15) is 10.4 Å². The Balaban J connectivity index is 1.21. The molecule has 1 fully saturated rings. The Morgan fingerprint density at radius 1 is 0.929 bits per heavy atom. The fourth-order valence-corrected chi connectivity index (χ4v) is 5.34. The summed E-state index contributed by atoms with van der Waals surface area (Å²) < 4.78 is 14.9. The van der Waals surface area contributed by atoms with E-state index < -0.39 is 5.82 Å². The van der Waals surface area contributed by atoms with E-state index in [1.165, 1.54) is 11.6 Å². The van der Waals surface area contributed by atoms with E-state index in [1.54, 1.807) is 16.8 Å². The summed E-state index contributed by atoms with van der Waals surface area (Å²) in [5, 5.41) is 14.2. The Labute approximate surface area is 243 Å². The molecule has 0 bridgehead atoms. The fourth-order valence-electron chi connectivity index (χ4n) is 5.34. The summed E-state index contributed by atoms with van der Waals surface area (Å²) >= 11 is 0. The van der Waals surface area contributed by atoms with Crippen molar-refractivity contribution in [1.29, 1.82) is 5.26 Å². The molecule has 210 valence electrons. The second kappa shape index (κ2) is 11.4. The zero-order valence-corrected chi connectivity index (χ0v) is 23.5. The molecule has 1 aromatic carbocycles. The van der Waals surface area contributed by atoms with Crippen LogP contribution in [0.3, 0.4) is 0 Å². The zero-order valence-electron chi connectivity index (χ0n) is 23.5. The van der Waals surface area contributed by atoms with Crippen molar-refractivity contribution in [3.63, 3.8) is 0 Å². The van der Waals surface area contributed by atoms with Crippen molar-refractivity contribution < 1.29 is 9.18 Å². The third kappa shape index (κ3) is 5.44. The topological polar surface area (TPSA) is 90.4 Å². The first-order chi connectivity index (χ1) is 20.4. The van der Waals surface area contributed by atoms with Gasteiger partial charge >= 0.3 is 0 Å².